The summed E-state index contributed by atoms with van der Waals surface area (Å²) in [5.74, 6) is 1.07. The molecule has 1 atom stereocenters. The van der Waals surface area contributed by atoms with Crippen molar-refractivity contribution in [3.05, 3.63) is 18.2 Å². The van der Waals surface area contributed by atoms with Gasteiger partial charge in [0.1, 0.15) is 5.82 Å². The monoisotopic (exact) mass is 195 g/mol. The van der Waals surface area contributed by atoms with Gasteiger partial charge in [-0.1, -0.05) is 0 Å². The molecule has 1 aromatic heterocycles. The number of aromatic nitrogens is 2. The van der Waals surface area contributed by atoms with E-state index in [9.17, 15) is 0 Å². The Morgan fingerprint density at radius 2 is 2.57 bits per heavy atom. The fourth-order valence-corrected chi connectivity index (χ4v) is 1.87. The molecule has 4 nitrogen and oxygen atoms in total. The summed E-state index contributed by atoms with van der Waals surface area (Å²) in [5.41, 5.74) is 5.51. The maximum Gasteiger partial charge on any atom is 0.109 e. The van der Waals surface area contributed by atoms with E-state index in [0.717, 1.165) is 25.4 Å². The molecule has 0 bridgehead atoms. The zero-order valence-electron chi connectivity index (χ0n) is 8.35. The minimum absolute atomic E-state index is 0.376. The number of hydrogen-bond donors (Lipinski definition) is 1. The zero-order valence-corrected chi connectivity index (χ0v) is 8.35. The number of ether oxygens (including phenoxy) is 1. The molecular formula is C10H17N3O. The molecule has 0 amide bonds. The predicted molar refractivity (Wildman–Crippen MR) is 54.0 cm³/mol. The van der Waals surface area contributed by atoms with Crippen molar-refractivity contribution in [2.45, 2.75) is 31.9 Å². The summed E-state index contributed by atoms with van der Waals surface area (Å²) in [7, 11) is 0. The van der Waals surface area contributed by atoms with Gasteiger partial charge in [0.15, 0.2) is 0 Å². The smallest absolute Gasteiger partial charge is 0.109 e. The first kappa shape index (κ1) is 9.68. The van der Waals surface area contributed by atoms with Crippen LogP contribution in [0, 0.1) is 0 Å². The van der Waals surface area contributed by atoms with Crippen LogP contribution >= 0.6 is 0 Å². The highest BCUT2D eigenvalue weighted by atomic mass is 16.5. The number of rotatable bonds is 4. The van der Waals surface area contributed by atoms with Crippen molar-refractivity contribution >= 4 is 0 Å². The van der Waals surface area contributed by atoms with Gasteiger partial charge in [-0.05, 0) is 19.4 Å². The van der Waals surface area contributed by atoms with E-state index in [0.29, 0.717) is 12.6 Å². The van der Waals surface area contributed by atoms with Crippen molar-refractivity contribution in [2.75, 3.05) is 13.2 Å². The first-order valence-electron chi connectivity index (χ1n) is 5.22. The maximum atomic E-state index is 5.58. The van der Waals surface area contributed by atoms with Gasteiger partial charge in [-0.25, -0.2) is 4.98 Å². The van der Waals surface area contributed by atoms with E-state index in [-0.39, 0.29) is 0 Å². The van der Waals surface area contributed by atoms with Crippen molar-refractivity contribution in [3.63, 3.8) is 0 Å². The number of imidazole rings is 1. The van der Waals surface area contributed by atoms with Gasteiger partial charge in [-0.2, -0.15) is 0 Å². The highest BCUT2D eigenvalue weighted by Gasteiger charge is 2.16. The molecule has 2 N–H and O–H groups in total. The molecule has 1 fully saturated rings. The third kappa shape index (κ3) is 2.13. The van der Waals surface area contributed by atoms with E-state index in [1.54, 1.807) is 0 Å². The molecule has 0 aliphatic carbocycles. The van der Waals surface area contributed by atoms with Crippen LogP contribution in [0.25, 0.3) is 0 Å². The Labute approximate surface area is 84.1 Å². The first-order chi connectivity index (χ1) is 6.90. The van der Waals surface area contributed by atoms with Gasteiger partial charge in [0, 0.05) is 25.4 Å². The van der Waals surface area contributed by atoms with Crippen LogP contribution in [0.1, 0.15) is 18.7 Å². The number of hydrogen-bond acceptors (Lipinski definition) is 3. The first-order valence-corrected chi connectivity index (χ1v) is 5.22. The van der Waals surface area contributed by atoms with Crippen molar-refractivity contribution in [2.24, 2.45) is 5.73 Å². The highest BCUT2D eigenvalue weighted by molar-refractivity contribution is 4.93. The third-order valence-electron chi connectivity index (χ3n) is 2.59. The lowest BCUT2D eigenvalue weighted by Gasteiger charge is -2.12. The average molecular weight is 195 g/mol. The van der Waals surface area contributed by atoms with E-state index in [2.05, 4.69) is 9.55 Å². The predicted octanol–water partition coefficient (Wildman–Crippen LogP) is 0.563. The van der Waals surface area contributed by atoms with E-state index < -0.39 is 0 Å². The van der Waals surface area contributed by atoms with E-state index >= 15 is 0 Å². The van der Waals surface area contributed by atoms with Crippen LogP contribution in [0.4, 0.5) is 0 Å². The molecule has 1 saturated heterocycles. The summed E-state index contributed by atoms with van der Waals surface area (Å²) >= 11 is 0. The molecule has 1 aliphatic rings. The Morgan fingerprint density at radius 1 is 1.64 bits per heavy atom. The minimum atomic E-state index is 0.376. The summed E-state index contributed by atoms with van der Waals surface area (Å²) in [5, 5.41) is 0. The van der Waals surface area contributed by atoms with Crippen LogP contribution in [0.15, 0.2) is 12.4 Å². The van der Waals surface area contributed by atoms with Crippen molar-refractivity contribution in [1.82, 2.24) is 9.55 Å². The minimum Gasteiger partial charge on any atom is -0.376 e. The second-order valence-corrected chi connectivity index (χ2v) is 3.67. The van der Waals surface area contributed by atoms with E-state index in [4.69, 9.17) is 10.5 Å². The molecule has 1 aromatic rings. The fraction of sp³-hybridized carbons (Fsp3) is 0.700. The molecule has 1 aliphatic heterocycles. The lowest BCUT2D eigenvalue weighted by molar-refractivity contribution is 0.0963. The van der Waals surface area contributed by atoms with Crippen molar-refractivity contribution in [3.8, 4) is 0 Å². The van der Waals surface area contributed by atoms with Gasteiger partial charge >= 0.3 is 0 Å². The van der Waals surface area contributed by atoms with Crippen LogP contribution in [0.5, 0.6) is 0 Å². The summed E-state index contributed by atoms with van der Waals surface area (Å²) in [6.07, 6.45) is 7.42. The van der Waals surface area contributed by atoms with Crippen LogP contribution in [-0.4, -0.2) is 28.8 Å². The molecule has 1 unspecified atom stereocenters. The van der Waals surface area contributed by atoms with Crippen LogP contribution in [0.2, 0.25) is 0 Å². The summed E-state index contributed by atoms with van der Waals surface area (Å²) < 4.78 is 7.74. The zero-order chi connectivity index (χ0) is 9.80. The topological polar surface area (TPSA) is 53.1 Å². The van der Waals surface area contributed by atoms with Crippen LogP contribution < -0.4 is 5.73 Å². The molecular weight excluding hydrogens is 178 g/mol. The summed E-state index contributed by atoms with van der Waals surface area (Å²) in [6.45, 7) is 2.49. The lowest BCUT2D eigenvalue weighted by Crippen LogP contribution is -2.18. The summed E-state index contributed by atoms with van der Waals surface area (Å²) in [6, 6.07) is 0. The average Bonchev–Trinajstić information content (AvgIpc) is 2.80. The SMILES string of the molecule is NCCc1nccn1CC1CCCO1. The molecule has 0 radical (unpaired) electrons. The van der Waals surface area contributed by atoms with Gasteiger partial charge in [0.05, 0.1) is 12.6 Å². The molecule has 2 heterocycles. The molecule has 14 heavy (non-hydrogen) atoms. The second-order valence-electron chi connectivity index (χ2n) is 3.67. The highest BCUT2D eigenvalue weighted by Crippen LogP contribution is 2.14. The largest absolute Gasteiger partial charge is 0.376 e. The maximum absolute atomic E-state index is 5.58. The quantitative estimate of drug-likeness (QED) is 0.764. The third-order valence-corrected chi connectivity index (χ3v) is 2.59. The van der Waals surface area contributed by atoms with Gasteiger partial charge in [-0.3, -0.25) is 0 Å². The number of nitrogens with two attached hydrogens (primary N) is 1. The van der Waals surface area contributed by atoms with Gasteiger partial charge < -0.3 is 15.0 Å². The lowest BCUT2D eigenvalue weighted by atomic mass is 10.2. The molecule has 4 heteroatoms. The Balaban J connectivity index is 1.96. The van der Waals surface area contributed by atoms with Gasteiger partial charge in [0.25, 0.3) is 0 Å². The molecule has 2 rings (SSSR count). The Bertz CT molecular complexity index is 279. The summed E-state index contributed by atoms with van der Waals surface area (Å²) in [4.78, 5) is 4.28. The fourth-order valence-electron chi connectivity index (χ4n) is 1.87. The molecule has 78 valence electrons. The normalized spacial score (nSPS) is 21.6. The number of nitrogens with zero attached hydrogens (tertiary/aromatic N) is 2. The van der Waals surface area contributed by atoms with Gasteiger partial charge in [0.2, 0.25) is 0 Å². The van der Waals surface area contributed by atoms with Crippen molar-refractivity contribution < 1.29 is 4.74 Å². The van der Waals surface area contributed by atoms with Crippen LogP contribution in [-0.2, 0) is 17.7 Å². The van der Waals surface area contributed by atoms with Gasteiger partial charge in [-0.15, -0.1) is 0 Å². The van der Waals surface area contributed by atoms with E-state index in [1.807, 2.05) is 12.4 Å². The molecule has 0 spiro atoms. The molecule has 0 aromatic carbocycles. The van der Waals surface area contributed by atoms with Crippen LogP contribution in [0.3, 0.4) is 0 Å². The Morgan fingerprint density at radius 3 is 3.29 bits per heavy atom. The Hall–Kier alpha value is -0.870. The van der Waals surface area contributed by atoms with E-state index in [1.165, 1.54) is 12.8 Å². The standard InChI is InChI=1S/C10H17N3O/c11-4-3-10-12-5-6-13(10)8-9-2-1-7-14-9/h5-6,9H,1-4,7-8,11H2. The van der Waals surface area contributed by atoms with Crippen molar-refractivity contribution in [1.29, 1.82) is 0 Å². The molecule has 0 saturated carbocycles. The second kappa shape index (κ2) is 4.57. The Kier molecular flexibility index (Phi) is 3.16.